The standard InChI is InChI=1S/C15H15NO5/c1-20-13-7-6-11(9-17)15(8-13)21-10-12-4-2-3-5-14(12)16(18)19/h2-8,17H,9-10H2,1H3. The summed E-state index contributed by atoms with van der Waals surface area (Å²) in [5, 5.41) is 20.2. The average Bonchev–Trinajstić information content (AvgIpc) is 2.52. The number of nitro groups is 1. The second-order valence-electron chi connectivity index (χ2n) is 4.31. The molecule has 0 bridgehead atoms. The van der Waals surface area contributed by atoms with Crippen LogP contribution >= 0.6 is 0 Å². The van der Waals surface area contributed by atoms with E-state index in [0.29, 0.717) is 22.6 Å². The predicted octanol–water partition coefficient (Wildman–Crippen LogP) is 2.67. The van der Waals surface area contributed by atoms with Crippen LogP contribution in [0, 0.1) is 10.1 Å². The molecule has 0 atom stereocenters. The maximum Gasteiger partial charge on any atom is 0.276 e. The zero-order chi connectivity index (χ0) is 15.2. The molecule has 0 radical (unpaired) electrons. The molecule has 0 amide bonds. The summed E-state index contributed by atoms with van der Waals surface area (Å²) in [5.74, 6) is 1.03. The monoisotopic (exact) mass is 289 g/mol. The van der Waals surface area contributed by atoms with Gasteiger partial charge >= 0.3 is 0 Å². The Bertz CT molecular complexity index is 642. The Morgan fingerprint density at radius 2 is 1.95 bits per heavy atom. The molecule has 21 heavy (non-hydrogen) atoms. The first-order valence-electron chi connectivity index (χ1n) is 6.28. The minimum Gasteiger partial charge on any atom is -0.497 e. The second kappa shape index (κ2) is 6.71. The molecule has 0 saturated heterocycles. The molecule has 0 saturated carbocycles. The topological polar surface area (TPSA) is 81.8 Å². The fraction of sp³-hybridized carbons (Fsp3) is 0.200. The Morgan fingerprint density at radius 1 is 1.19 bits per heavy atom. The van der Waals surface area contributed by atoms with E-state index in [2.05, 4.69) is 0 Å². The van der Waals surface area contributed by atoms with Gasteiger partial charge < -0.3 is 14.6 Å². The van der Waals surface area contributed by atoms with E-state index < -0.39 is 4.92 Å². The van der Waals surface area contributed by atoms with Gasteiger partial charge in [-0.2, -0.15) is 0 Å². The lowest BCUT2D eigenvalue weighted by molar-refractivity contribution is -0.385. The minimum atomic E-state index is -0.447. The Labute approximate surface area is 121 Å². The molecule has 0 heterocycles. The van der Waals surface area contributed by atoms with Crippen molar-refractivity contribution in [3.8, 4) is 11.5 Å². The molecule has 6 heteroatoms. The lowest BCUT2D eigenvalue weighted by Crippen LogP contribution is -2.02. The van der Waals surface area contributed by atoms with Gasteiger partial charge in [0.05, 0.1) is 24.2 Å². The number of ether oxygens (including phenoxy) is 2. The van der Waals surface area contributed by atoms with Gasteiger partial charge in [0.1, 0.15) is 18.1 Å². The summed E-state index contributed by atoms with van der Waals surface area (Å²) in [5.41, 5.74) is 1.06. The zero-order valence-electron chi connectivity index (χ0n) is 11.5. The van der Waals surface area contributed by atoms with Crippen LogP contribution in [-0.4, -0.2) is 17.1 Å². The van der Waals surface area contributed by atoms with E-state index in [9.17, 15) is 15.2 Å². The van der Waals surface area contributed by atoms with E-state index in [1.165, 1.54) is 13.2 Å². The molecule has 2 aromatic rings. The van der Waals surface area contributed by atoms with Crippen LogP contribution in [0.3, 0.4) is 0 Å². The molecular formula is C15H15NO5. The van der Waals surface area contributed by atoms with Crippen molar-refractivity contribution in [1.29, 1.82) is 0 Å². The van der Waals surface area contributed by atoms with Crippen LogP contribution in [0.2, 0.25) is 0 Å². The molecule has 2 rings (SSSR count). The number of hydrogen-bond donors (Lipinski definition) is 1. The number of nitro benzene ring substituents is 1. The van der Waals surface area contributed by atoms with Crippen molar-refractivity contribution in [2.75, 3.05) is 7.11 Å². The first-order chi connectivity index (χ1) is 10.2. The van der Waals surface area contributed by atoms with Crippen LogP contribution in [0.5, 0.6) is 11.5 Å². The third-order valence-electron chi connectivity index (χ3n) is 3.02. The van der Waals surface area contributed by atoms with Gasteiger partial charge in [-0.15, -0.1) is 0 Å². The van der Waals surface area contributed by atoms with Crippen LogP contribution in [0.4, 0.5) is 5.69 Å². The van der Waals surface area contributed by atoms with Crippen LogP contribution in [0.25, 0.3) is 0 Å². The minimum absolute atomic E-state index is 0.00550. The molecule has 0 aliphatic carbocycles. The number of rotatable bonds is 6. The van der Waals surface area contributed by atoms with E-state index >= 15 is 0 Å². The van der Waals surface area contributed by atoms with E-state index in [-0.39, 0.29) is 18.9 Å². The van der Waals surface area contributed by atoms with E-state index in [1.807, 2.05) is 0 Å². The third-order valence-corrected chi connectivity index (χ3v) is 3.02. The van der Waals surface area contributed by atoms with Crippen LogP contribution < -0.4 is 9.47 Å². The largest absolute Gasteiger partial charge is 0.497 e. The first-order valence-corrected chi connectivity index (χ1v) is 6.28. The van der Waals surface area contributed by atoms with Crippen molar-refractivity contribution in [2.24, 2.45) is 0 Å². The third kappa shape index (κ3) is 3.49. The molecule has 1 N–H and O–H groups in total. The summed E-state index contributed by atoms with van der Waals surface area (Å²) in [4.78, 5) is 10.5. The summed E-state index contributed by atoms with van der Waals surface area (Å²) in [6.45, 7) is -0.145. The zero-order valence-corrected chi connectivity index (χ0v) is 11.5. The molecule has 110 valence electrons. The predicted molar refractivity (Wildman–Crippen MR) is 76.3 cm³/mol. The van der Waals surface area contributed by atoms with Gasteiger partial charge in [-0.1, -0.05) is 12.1 Å². The normalized spacial score (nSPS) is 10.2. The lowest BCUT2D eigenvalue weighted by Gasteiger charge is -2.12. The summed E-state index contributed by atoms with van der Waals surface area (Å²) >= 11 is 0. The van der Waals surface area contributed by atoms with Crippen molar-refractivity contribution in [3.05, 3.63) is 63.7 Å². The second-order valence-corrected chi connectivity index (χ2v) is 4.31. The summed E-state index contributed by atoms with van der Waals surface area (Å²) < 4.78 is 10.7. The highest BCUT2D eigenvalue weighted by atomic mass is 16.6. The van der Waals surface area contributed by atoms with Gasteiger partial charge in [-0.25, -0.2) is 0 Å². The van der Waals surface area contributed by atoms with E-state index in [4.69, 9.17) is 9.47 Å². The lowest BCUT2D eigenvalue weighted by atomic mass is 10.2. The Hall–Kier alpha value is -2.60. The number of methoxy groups -OCH3 is 1. The molecule has 0 aliphatic heterocycles. The fourth-order valence-electron chi connectivity index (χ4n) is 1.89. The van der Waals surface area contributed by atoms with Crippen molar-refractivity contribution in [2.45, 2.75) is 13.2 Å². The highest BCUT2D eigenvalue weighted by Crippen LogP contribution is 2.27. The Kier molecular flexibility index (Phi) is 4.73. The maximum absolute atomic E-state index is 10.9. The van der Waals surface area contributed by atoms with Crippen LogP contribution in [-0.2, 0) is 13.2 Å². The van der Waals surface area contributed by atoms with Crippen molar-refractivity contribution in [3.63, 3.8) is 0 Å². The molecule has 2 aromatic carbocycles. The van der Waals surface area contributed by atoms with Gasteiger partial charge in [0.25, 0.3) is 5.69 Å². The number of hydrogen-bond acceptors (Lipinski definition) is 5. The average molecular weight is 289 g/mol. The highest BCUT2D eigenvalue weighted by Gasteiger charge is 2.13. The smallest absolute Gasteiger partial charge is 0.276 e. The van der Waals surface area contributed by atoms with Crippen LogP contribution in [0.1, 0.15) is 11.1 Å². The van der Waals surface area contributed by atoms with Gasteiger partial charge in [-0.3, -0.25) is 10.1 Å². The molecule has 0 fully saturated rings. The molecule has 6 nitrogen and oxygen atoms in total. The SMILES string of the molecule is COc1ccc(CO)c(OCc2ccccc2[N+](=O)[O-])c1. The highest BCUT2D eigenvalue weighted by molar-refractivity contribution is 5.42. The number of para-hydroxylation sites is 1. The number of benzene rings is 2. The Balaban J connectivity index is 2.22. The summed E-state index contributed by atoms with van der Waals surface area (Å²) in [6.07, 6.45) is 0. The molecule has 0 spiro atoms. The number of aliphatic hydroxyl groups is 1. The van der Waals surface area contributed by atoms with Gasteiger partial charge in [0.2, 0.25) is 0 Å². The van der Waals surface area contributed by atoms with E-state index in [0.717, 1.165) is 0 Å². The fourth-order valence-corrected chi connectivity index (χ4v) is 1.89. The van der Waals surface area contributed by atoms with E-state index in [1.54, 1.807) is 36.4 Å². The quantitative estimate of drug-likeness (QED) is 0.653. The summed E-state index contributed by atoms with van der Waals surface area (Å²) in [6, 6.07) is 11.4. The van der Waals surface area contributed by atoms with Crippen molar-refractivity contribution in [1.82, 2.24) is 0 Å². The summed E-state index contributed by atoms with van der Waals surface area (Å²) in [7, 11) is 1.53. The van der Waals surface area contributed by atoms with Crippen molar-refractivity contribution >= 4 is 5.69 Å². The van der Waals surface area contributed by atoms with Crippen molar-refractivity contribution < 1.29 is 19.5 Å². The molecular weight excluding hydrogens is 274 g/mol. The molecule has 0 aromatic heterocycles. The van der Waals surface area contributed by atoms with Gasteiger partial charge in [0.15, 0.2) is 0 Å². The van der Waals surface area contributed by atoms with Gasteiger partial charge in [0, 0.05) is 17.7 Å². The van der Waals surface area contributed by atoms with Crippen LogP contribution in [0.15, 0.2) is 42.5 Å². The molecule has 0 unspecified atom stereocenters. The maximum atomic E-state index is 10.9. The Morgan fingerprint density at radius 3 is 2.62 bits per heavy atom. The first kappa shape index (κ1) is 14.8. The van der Waals surface area contributed by atoms with Gasteiger partial charge in [-0.05, 0) is 18.2 Å². The number of aliphatic hydroxyl groups excluding tert-OH is 1. The molecule has 0 aliphatic rings. The number of nitrogens with zero attached hydrogens (tertiary/aromatic N) is 1.